The molecule has 0 bridgehead atoms. The molecule has 0 aliphatic carbocycles. The third kappa shape index (κ3) is 2.64. The van der Waals surface area contributed by atoms with E-state index in [0.29, 0.717) is 21.9 Å². The van der Waals surface area contributed by atoms with Gasteiger partial charge in [0.1, 0.15) is 0 Å². The van der Waals surface area contributed by atoms with Crippen molar-refractivity contribution in [2.24, 2.45) is 5.92 Å². The molecule has 1 aromatic rings. The van der Waals surface area contributed by atoms with Gasteiger partial charge in [0.25, 0.3) is 5.91 Å². The number of carbonyl (C=O) groups is 1. The van der Waals surface area contributed by atoms with Gasteiger partial charge in [-0.3, -0.25) is 4.79 Å². The van der Waals surface area contributed by atoms with Gasteiger partial charge in [0, 0.05) is 25.6 Å². The summed E-state index contributed by atoms with van der Waals surface area (Å²) < 4.78 is 0.295. The van der Waals surface area contributed by atoms with E-state index in [1.165, 1.54) is 0 Å². The van der Waals surface area contributed by atoms with Gasteiger partial charge in [-0.1, -0.05) is 11.3 Å². The first-order chi connectivity index (χ1) is 7.15. The summed E-state index contributed by atoms with van der Waals surface area (Å²) in [7, 11) is 2.06. The number of rotatable bonds is 3. The van der Waals surface area contributed by atoms with Crippen LogP contribution in [0.1, 0.15) is 9.80 Å². The molecule has 1 fully saturated rings. The first-order valence-corrected chi connectivity index (χ1v) is 5.80. The monoisotopic (exact) mass is 246 g/mol. The van der Waals surface area contributed by atoms with Gasteiger partial charge in [0.05, 0.1) is 0 Å². The lowest BCUT2D eigenvalue weighted by molar-refractivity contribution is 0.0897. The molecule has 1 saturated heterocycles. The normalized spacial score (nSPS) is 17.5. The maximum absolute atomic E-state index is 11.5. The number of likely N-dealkylation sites (tertiary alicyclic amines) is 1. The smallest absolute Gasteiger partial charge is 0.282 e. The SMILES string of the molecule is CN1CC(CNC(=O)c2nnc(Cl)s2)C1. The molecule has 0 radical (unpaired) electrons. The van der Waals surface area contributed by atoms with E-state index in [-0.39, 0.29) is 5.91 Å². The molecule has 7 heteroatoms. The highest BCUT2D eigenvalue weighted by atomic mass is 35.5. The molecular weight excluding hydrogens is 236 g/mol. The molecule has 5 nitrogen and oxygen atoms in total. The number of hydrogen-bond acceptors (Lipinski definition) is 5. The Hall–Kier alpha value is -0.720. The van der Waals surface area contributed by atoms with Crippen molar-refractivity contribution in [3.63, 3.8) is 0 Å². The number of carbonyl (C=O) groups excluding carboxylic acids is 1. The topological polar surface area (TPSA) is 58.1 Å². The number of nitrogens with zero attached hydrogens (tertiary/aromatic N) is 3. The van der Waals surface area contributed by atoms with Gasteiger partial charge in [-0.15, -0.1) is 10.2 Å². The largest absolute Gasteiger partial charge is 0.350 e. The van der Waals surface area contributed by atoms with Crippen LogP contribution in [-0.2, 0) is 0 Å². The molecule has 1 aliphatic heterocycles. The fraction of sp³-hybridized carbons (Fsp3) is 0.625. The maximum Gasteiger partial charge on any atom is 0.282 e. The van der Waals surface area contributed by atoms with Crippen LogP contribution in [0, 0.1) is 5.92 Å². The molecule has 2 heterocycles. The van der Waals surface area contributed by atoms with E-state index in [9.17, 15) is 4.79 Å². The van der Waals surface area contributed by atoms with E-state index in [2.05, 4.69) is 27.5 Å². The third-order valence-electron chi connectivity index (χ3n) is 2.29. The minimum Gasteiger partial charge on any atom is -0.350 e. The van der Waals surface area contributed by atoms with Crippen LogP contribution < -0.4 is 5.32 Å². The molecule has 1 amide bonds. The number of nitrogens with one attached hydrogen (secondary N) is 1. The minimum absolute atomic E-state index is 0.186. The summed E-state index contributed by atoms with van der Waals surface area (Å²) in [6, 6.07) is 0. The van der Waals surface area contributed by atoms with Crippen molar-refractivity contribution in [3.8, 4) is 0 Å². The zero-order valence-corrected chi connectivity index (χ0v) is 9.81. The summed E-state index contributed by atoms with van der Waals surface area (Å²) in [5.74, 6) is 0.372. The van der Waals surface area contributed by atoms with Crippen LogP contribution in [0.5, 0.6) is 0 Å². The van der Waals surface area contributed by atoms with E-state index < -0.39 is 0 Å². The molecule has 0 unspecified atom stereocenters. The second kappa shape index (κ2) is 4.42. The summed E-state index contributed by atoms with van der Waals surface area (Å²) >= 11 is 6.68. The molecule has 2 rings (SSSR count). The number of amides is 1. The predicted molar refractivity (Wildman–Crippen MR) is 58.2 cm³/mol. The van der Waals surface area contributed by atoms with Gasteiger partial charge in [-0.25, -0.2) is 0 Å². The van der Waals surface area contributed by atoms with Crippen LogP contribution in [0.2, 0.25) is 4.47 Å². The zero-order valence-electron chi connectivity index (χ0n) is 8.23. The summed E-state index contributed by atoms with van der Waals surface area (Å²) in [4.78, 5) is 13.7. The Morgan fingerprint density at radius 1 is 1.67 bits per heavy atom. The molecule has 15 heavy (non-hydrogen) atoms. The maximum atomic E-state index is 11.5. The number of hydrogen-bond donors (Lipinski definition) is 1. The van der Waals surface area contributed by atoms with E-state index in [1.54, 1.807) is 0 Å². The lowest BCUT2D eigenvalue weighted by Gasteiger charge is -2.36. The second-order valence-electron chi connectivity index (χ2n) is 3.66. The van der Waals surface area contributed by atoms with Crippen LogP contribution in [0.4, 0.5) is 0 Å². The van der Waals surface area contributed by atoms with E-state index >= 15 is 0 Å². The quantitative estimate of drug-likeness (QED) is 0.843. The standard InChI is InChI=1S/C8H11ClN4OS/c1-13-3-5(4-13)2-10-6(14)7-11-12-8(9)15-7/h5H,2-4H2,1H3,(H,10,14). The Morgan fingerprint density at radius 3 is 2.93 bits per heavy atom. The predicted octanol–water partition coefficient (Wildman–Crippen LogP) is 0.483. The Labute approximate surface area is 96.4 Å². The molecular formula is C8H11ClN4OS. The Morgan fingerprint density at radius 2 is 2.40 bits per heavy atom. The van der Waals surface area contributed by atoms with Crippen molar-refractivity contribution in [2.45, 2.75) is 0 Å². The molecule has 0 spiro atoms. The van der Waals surface area contributed by atoms with Crippen LogP contribution in [0.25, 0.3) is 0 Å². The third-order valence-corrected chi connectivity index (χ3v) is 3.30. The van der Waals surface area contributed by atoms with Crippen LogP contribution >= 0.6 is 22.9 Å². The highest BCUT2D eigenvalue weighted by molar-refractivity contribution is 7.17. The van der Waals surface area contributed by atoms with Crippen molar-refractivity contribution in [1.29, 1.82) is 0 Å². The average molecular weight is 247 g/mol. The van der Waals surface area contributed by atoms with E-state index in [1.807, 2.05) is 0 Å². The summed E-state index contributed by atoms with van der Waals surface area (Å²) in [6.07, 6.45) is 0. The van der Waals surface area contributed by atoms with Gasteiger partial charge < -0.3 is 10.2 Å². The Kier molecular flexibility index (Phi) is 3.18. The zero-order chi connectivity index (χ0) is 10.8. The summed E-state index contributed by atoms with van der Waals surface area (Å²) in [5.41, 5.74) is 0. The summed E-state index contributed by atoms with van der Waals surface area (Å²) in [5, 5.41) is 10.4. The lowest BCUT2D eigenvalue weighted by Crippen LogP contribution is -2.49. The Balaban J connectivity index is 1.78. The van der Waals surface area contributed by atoms with Gasteiger partial charge in [0.15, 0.2) is 0 Å². The van der Waals surface area contributed by atoms with Crippen molar-refractivity contribution < 1.29 is 4.79 Å². The fourth-order valence-electron chi connectivity index (χ4n) is 1.57. The fourth-order valence-corrected chi connectivity index (χ4v) is 2.31. The molecule has 1 aliphatic rings. The molecule has 1 N–H and O–H groups in total. The molecule has 82 valence electrons. The molecule has 0 aromatic carbocycles. The van der Waals surface area contributed by atoms with Crippen molar-refractivity contribution in [3.05, 3.63) is 9.47 Å². The average Bonchev–Trinajstić information content (AvgIpc) is 2.57. The van der Waals surface area contributed by atoms with Crippen LogP contribution in [0.15, 0.2) is 0 Å². The summed E-state index contributed by atoms with van der Waals surface area (Å²) in [6.45, 7) is 2.77. The van der Waals surface area contributed by atoms with Crippen LogP contribution in [0.3, 0.4) is 0 Å². The highest BCUT2D eigenvalue weighted by Gasteiger charge is 2.24. The Bertz CT molecular complexity index is 363. The first-order valence-electron chi connectivity index (χ1n) is 4.61. The second-order valence-corrected chi connectivity index (χ2v) is 5.22. The first kappa shape index (κ1) is 10.8. The minimum atomic E-state index is -0.186. The van der Waals surface area contributed by atoms with Crippen molar-refractivity contribution in [2.75, 3.05) is 26.7 Å². The molecule has 0 atom stereocenters. The van der Waals surface area contributed by atoms with Gasteiger partial charge in [-0.05, 0) is 18.6 Å². The van der Waals surface area contributed by atoms with Crippen molar-refractivity contribution in [1.82, 2.24) is 20.4 Å². The van der Waals surface area contributed by atoms with Gasteiger partial charge in [-0.2, -0.15) is 0 Å². The molecule has 0 saturated carbocycles. The van der Waals surface area contributed by atoms with Crippen molar-refractivity contribution >= 4 is 28.8 Å². The highest BCUT2D eigenvalue weighted by Crippen LogP contribution is 2.15. The number of halogens is 1. The molecule has 1 aromatic heterocycles. The van der Waals surface area contributed by atoms with Gasteiger partial charge in [0.2, 0.25) is 9.47 Å². The van der Waals surface area contributed by atoms with E-state index in [0.717, 1.165) is 24.4 Å². The van der Waals surface area contributed by atoms with E-state index in [4.69, 9.17) is 11.6 Å². The number of aromatic nitrogens is 2. The lowest BCUT2D eigenvalue weighted by atomic mass is 10.0. The van der Waals surface area contributed by atoms with Gasteiger partial charge >= 0.3 is 0 Å². The van der Waals surface area contributed by atoms with Crippen LogP contribution in [-0.4, -0.2) is 47.7 Å².